The van der Waals surface area contributed by atoms with Crippen LogP contribution in [0.2, 0.25) is 0 Å². The van der Waals surface area contributed by atoms with Crippen molar-refractivity contribution in [1.29, 1.82) is 0 Å². The lowest BCUT2D eigenvalue weighted by molar-refractivity contribution is -0.122. The average Bonchev–Trinajstić information content (AvgIpc) is 2.54. The highest BCUT2D eigenvalue weighted by atomic mass is 19.1. The molecule has 0 aromatic heterocycles. The Morgan fingerprint density at radius 2 is 1.91 bits per heavy atom. The normalized spacial score (nSPS) is 11.6. The molecule has 0 saturated heterocycles. The van der Waals surface area contributed by atoms with Crippen LogP contribution in [0, 0.1) is 5.82 Å². The van der Waals surface area contributed by atoms with E-state index in [1.807, 2.05) is 6.92 Å². The van der Waals surface area contributed by atoms with Gasteiger partial charge in [0.2, 0.25) is 0 Å². The van der Waals surface area contributed by atoms with Crippen LogP contribution in [0.4, 0.5) is 10.1 Å². The molecule has 0 spiro atoms. The Kier molecular flexibility index (Phi) is 5.36. The lowest BCUT2D eigenvalue weighted by Crippen LogP contribution is -2.32. The third-order valence-corrected chi connectivity index (χ3v) is 3.09. The summed E-state index contributed by atoms with van der Waals surface area (Å²) in [5, 5.41) is 2.78. The van der Waals surface area contributed by atoms with Crippen LogP contribution in [0.5, 0.6) is 11.5 Å². The van der Waals surface area contributed by atoms with Crippen molar-refractivity contribution < 1.29 is 18.7 Å². The molecule has 0 aliphatic rings. The second-order valence-corrected chi connectivity index (χ2v) is 4.69. The van der Waals surface area contributed by atoms with Crippen LogP contribution >= 0.6 is 0 Å². The molecule has 0 aliphatic carbocycles. The Labute approximate surface area is 128 Å². The largest absolute Gasteiger partial charge is 0.497 e. The number of ether oxygens (including phenoxy) is 2. The molecule has 0 radical (unpaired) electrons. The number of methoxy groups -OCH3 is 1. The van der Waals surface area contributed by atoms with Crippen molar-refractivity contribution in [2.24, 2.45) is 0 Å². The first-order chi connectivity index (χ1) is 10.6. The summed E-state index contributed by atoms with van der Waals surface area (Å²) >= 11 is 0. The first-order valence-electron chi connectivity index (χ1n) is 6.99. The Bertz CT molecular complexity index is 628. The van der Waals surface area contributed by atoms with Crippen molar-refractivity contribution in [3.63, 3.8) is 0 Å². The minimum atomic E-state index is -0.656. The van der Waals surface area contributed by atoms with Gasteiger partial charge in [0.25, 0.3) is 5.91 Å². The molecule has 1 N–H and O–H groups in total. The molecular formula is C17H18FNO3. The van der Waals surface area contributed by atoms with Crippen LogP contribution in [0.15, 0.2) is 48.5 Å². The maximum Gasteiger partial charge on any atom is 0.265 e. The van der Waals surface area contributed by atoms with Gasteiger partial charge in [0, 0.05) is 11.8 Å². The SMILES string of the molecule is CC[C@@H](Oc1ccc(F)cc1)C(=O)Nc1cccc(OC)c1. The maximum atomic E-state index is 12.9. The summed E-state index contributed by atoms with van der Waals surface area (Å²) in [7, 11) is 1.56. The van der Waals surface area contributed by atoms with E-state index >= 15 is 0 Å². The van der Waals surface area contributed by atoms with Gasteiger partial charge in [-0.1, -0.05) is 13.0 Å². The molecule has 0 unspecified atom stereocenters. The van der Waals surface area contributed by atoms with Gasteiger partial charge in [0.15, 0.2) is 6.10 Å². The van der Waals surface area contributed by atoms with E-state index < -0.39 is 6.10 Å². The number of hydrogen-bond donors (Lipinski definition) is 1. The van der Waals surface area contributed by atoms with Crippen molar-refractivity contribution in [3.05, 3.63) is 54.3 Å². The first-order valence-corrected chi connectivity index (χ1v) is 6.99. The zero-order chi connectivity index (χ0) is 15.9. The van der Waals surface area contributed by atoms with E-state index in [-0.39, 0.29) is 11.7 Å². The standard InChI is InChI=1S/C17H18FNO3/c1-3-16(22-14-9-7-12(18)8-10-14)17(20)19-13-5-4-6-15(11-13)21-2/h4-11,16H,3H2,1-2H3,(H,19,20)/t16-/m1/s1. The third-order valence-electron chi connectivity index (χ3n) is 3.09. The molecular weight excluding hydrogens is 285 g/mol. The number of benzene rings is 2. The molecule has 0 aliphatic heterocycles. The molecule has 0 bridgehead atoms. The zero-order valence-corrected chi connectivity index (χ0v) is 12.5. The van der Waals surface area contributed by atoms with Gasteiger partial charge in [-0.05, 0) is 42.8 Å². The van der Waals surface area contributed by atoms with Gasteiger partial charge >= 0.3 is 0 Å². The lowest BCUT2D eigenvalue weighted by atomic mass is 10.2. The Morgan fingerprint density at radius 3 is 2.55 bits per heavy atom. The number of rotatable bonds is 6. The summed E-state index contributed by atoms with van der Waals surface area (Å²) in [5.74, 6) is 0.501. The monoisotopic (exact) mass is 303 g/mol. The summed E-state index contributed by atoms with van der Waals surface area (Å²) in [6, 6.07) is 12.7. The van der Waals surface area contributed by atoms with E-state index in [9.17, 15) is 9.18 Å². The van der Waals surface area contributed by atoms with E-state index in [2.05, 4.69) is 5.32 Å². The van der Waals surface area contributed by atoms with Gasteiger partial charge in [0.05, 0.1) is 7.11 Å². The van der Waals surface area contributed by atoms with Gasteiger partial charge in [-0.2, -0.15) is 0 Å². The molecule has 2 rings (SSSR count). The molecule has 5 heteroatoms. The number of halogens is 1. The summed E-state index contributed by atoms with van der Waals surface area (Å²) in [6.07, 6.45) is -0.163. The summed E-state index contributed by atoms with van der Waals surface area (Å²) in [4.78, 5) is 12.3. The second kappa shape index (κ2) is 7.45. The predicted octanol–water partition coefficient (Wildman–Crippen LogP) is 3.63. The highest BCUT2D eigenvalue weighted by Gasteiger charge is 2.18. The summed E-state index contributed by atoms with van der Waals surface area (Å²) < 4.78 is 23.6. The molecule has 2 aromatic rings. The van der Waals surface area contributed by atoms with Crippen LogP contribution < -0.4 is 14.8 Å². The maximum absolute atomic E-state index is 12.9. The van der Waals surface area contributed by atoms with Crippen molar-refractivity contribution in [2.75, 3.05) is 12.4 Å². The lowest BCUT2D eigenvalue weighted by Gasteiger charge is -2.17. The predicted molar refractivity (Wildman–Crippen MR) is 82.7 cm³/mol. The van der Waals surface area contributed by atoms with Crippen molar-refractivity contribution in [3.8, 4) is 11.5 Å². The fourth-order valence-corrected chi connectivity index (χ4v) is 1.92. The van der Waals surface area contributed by atoms with E-state index in [1.54, 1.807) is 31.4 Å². The van der Waals surface area contributed by atoms with Crippen molar-refractivity contribution in [1.82, 2.24) is 0 Å². The summed E-state index contributed by atoms with van der Waals surface area (Å²) in [5.41, 5.74) is 0.630. The van der Waals surface area contributed by atoms with Gasteiger partial charge in [-0.25, -0.2) is 4.39 Å². The fourth-order valence-electron chi connectivity index (χ4n) is 1.92. The molecule has 22 heavy (non-hydrogen) atoms. The van der Waals surface area contributed by atoms with Gasteiger partial charge in [0.1, 0.15) is 17.3 Å². The Morgan fingerprint density at radius 1 is 1.18 bits per heavy atom. The number of carbonyl (C=O) groups is 1. The topological polar surface area (TPSA) is 47.6 Å². The van der Waals surface area contributed by atoms with E-state index in [1.165, 1.54) is 24.3 Å². The fraction of sp³-hybridized carbons (Fsp3) is 0.235. The van der Waals surface area contributed by atoms with Crippen molar-refractivity contribution in [2.45, 2.75) is 19.4 Å². The molecule has 0 saturated carbocycles. The molecule has 2 aromatic carbocycles. The Hall–Kier alpha value is -2.56. The van der Waals surface area contributed by atoms with Gasteiger partial charge in [-0.3, -0.25) is 4.79 Å². The van der Waals surface area contributed by atoms with Gasteiger partial charge in [-0.15, -0.1) is 0 Å². The molecule has 0 fully saturated rings. The third kappa shape index (κ3) is 4.22. The number of anilines is 1. The minimum Gasteiger partial charge on any atom is -0.497 e. The van der Waals surface area contributed by atoms with Crippen LogP contribution in [-0.2, 0) is 4.79 Å². The van der Waals surface area contributed by atoms with E-state index in [4.69, 9.17) is 9.47 Å². The number of amides is 1. The molecule has 116 valence electrons. The van der Waals surface area contributed by atoms with Gasteiger partial charge < -0.3 is 14.8 Å². The number of nitrogens with one attached hydrogen (secondary N) is 1. The van der Waals surface area contributed by atoms with E-state index in [0.717, 1.165) is 0 Å². The smallest absolute Gasteiger partial charge is 0.265 e. The zero-order valence-electron chi connectivity index (χ0n) is 12.5. The molecule has 1 atom stereocenters. The van der Waals surface area contributed by atoms with E-state index in [0.29, 0.717) is 23.6 Å². The molecule has 0 heterocycles. The number of hydrogen-bond acceptors (Lipinski definition) is 3. The van der Waals surface area contributed by atoms with Crippen LogP contribution in [0.25, 0.3) is 0 Å². The minimum absolute atomic E-state index is 0.264. The number of carbonyl (C=O) groups excluding carboxylic acids is 1. The highest BCUT2D eigenvalue weighted by molar-refractivity contribution is 5.94. The summed E-state index contributed by atoms with van der Waals surface area (Å²) in [6.45, 7) is 1.85. The first kappa shape index (κ1) is 15.8. The Balaban J connectivity index is 2.03. The quantitative estimate of drug-likeness (QED) is 0.886. The second-order valence-electron chi connectivity index (χ2n) is 4.69. The van der Waals surface area contributed by atoms with Crippen molar-refractivity contribution >= 4 is 11.6 Å². The van der Waals surface area contributed by atoms with Crippen LogP contribution in [0.3, 0.4) is 0 Å². The average molecular weight is 303 g/mol. The molecule has 1 amide bonds. The van der Waals surface area contributed by atoms with Crippen LogP contribution in [-0.4, -0.2) is 19.1 Å². The highest BCUT2D eigenvalue weighted by Crippen LogP contribution is 2.19. The molecule has 4 nitrogen and oxygen atoms in total. The van der Waals surface area contributed by atoms with Crippen LogP contribution in [0.1, 0.15) is 13.3 Å².